The Bertz CT molecular complexity index is 728. The molecule has 1 N–H and O–H groups in total. The standard InChI is InChI=1S/C18H19N3O3.C2H6/c1-19-18(22)17(21-23-2)16-11-7-6-10-15(16)13-24-20-12-14-8-4-3-5-9-14;1-2/h3-12H,13H2,1-2H3,(H,19,22);1-2H3. The maximum absolute atomic E-state index is 12.0. The zero-order valence-electron chi connectivity index (χ0n) is 15.6. The van der Waals surface area contributed by atoms with Crippen LogP contribution in [-0.2, 0) is 21.1 Å². The molecular formula is C20H25N3O3. The van der Waals surface area contributed by atoms with Crippen LogP contribution in [-0.4, -0.2) is 32.0 Å². The van der Waals surface area contributed by atoms with Crippen molar-refractivity contribution < 1.29 is 14.5 Å². The van der Waals surface area contributed by atoms with Crippen molar-refractivity contribution in [2.75, 3.05) is 14.2 Å². The Morgan fingerprint density at radius 3 is 2.38 bits per heavy atom. The molecule has 6 heteroatoms. The molecule has 0 bridgehead atoms. The molecule has 0 aliphatic heterocycles. The molecule has 2 aromatic carbocycles. The van der Waals surface area contributed by atoms with Crippen LogP contribution in [0.2, 0.25) is 0 Å². The molecule has 1 amide bonds. The molecule has 26 heavy (non-hydrogen) atoms. The van der Waals surface area contributed by atoms with Gasteiger partial charge in [-0.25, -0.2) is 0 Å². The summed E-state index contributed by atoms with van der Waals surface area (Å²) in [6.45, 7) is 4.21. The second-order valence-corrected chi connectivity index (χ2v) is 4.78. The Morgan fingerprint density at radius 1 is 1.08 bits per heavy atom. The van der Waals surface area contributed by atoms with Crippen LogP contribution in [0.15, 0.2) is 64.9 Å². The van der Waals surface area contributed by atoms with E-state index in [1.165, 1.54) is 14.2 Å². The highest BCUT2D eigenvalue weighted by Gasteiger charge is 2.17. The van der Waals surface area contributed by atoms with Gasteiger partial charge in [0.1, 0.15) is 13.7 Å². The summed E-state index contributed by atoms with van der Waals surface area (Å²) in [4.78, 5) is 22.1. The molecule has 0 saturated heterocycles. The molecule has 2 aromatic rings. The van der Waals surface area contributed by atoms with Crippen molar-refractivity contribution in [2.45, 2.75) is 20.5 Å². The molecule has 6 nitrogen and oxygen atoms in total. The van der Waals surface area contributed by atoms with Crippen molar-refractivity contribution in [1.29, 1.82) is 0 Å². The number of hydrogen-bond acceptors (Lipinski definition) is 5. The highest BCUT2D eigenvalue weighted by molar-refractivity contribution is 6.45. The van der Waals surface area contributed by atoms with Gasteiger partial charge in [0.15, 0.2) is 5.71 Å². The summed E-state index contributed by atoms with van der Waals surface area (Å²) in [6.07, 6.45) is 1.63. The summed E-state index contributed by atoms with van der Waals surface area (Å²) in [7, 11) is 2.93. The molecule has 0 fully saturated rings. The maximum atomic E-state index is 12.0. The van der Waals surface area contributed by atoms with Crippen molar-refractivity contribution in [1.82, 2.24) is 5.32 Å². The fourth-order valence-electron chi connectivity index (χ4n) is 2.04. The average molecular weight is 355 g/mol. The number of nitrogens with zero attached hydrogens (tertiary/aromatic N) is 2. The second kappa shape index (κ2) is 12.2. The minimum Gasteiger partial charge on any atom is -0.398 e. The quantitative estimate of drug-likeness (QED) is 0.611. The van der Waals surface area contributed by atoms with E-state index in [1.54, 1.807) is 12.3 Å². The molecular weight excluding hydrogens is 330 g/mol. The van der Waals surface area contributed by atoms with Crippen LogP contribution in [0.4, 0.5) is 0 Å². The van der Waals surface area contributed by atoms with Gasteiger partial charge in [0, 0.05) is 18.2 Å². The molecule has 0 aromatic heterocycles. The van der Waals surface area contributed by atoms with Gasteiger partial charge >= 0.3 is 0 Å². The Balaban J connectivity index is 0.00000163. The van der Waals surface area contributed by atoms with Gasteiger partial charge in [-0.3, -0.25) is 4.79 Å². The van der Waals surface area contributed by atoms with E-state index in [0.29, 0.717) is 5.56 Å². The molecule has 0 unspecified atom stereocenters. The number of carbonyl (C=O) groups excluding carboxylic acids is 1. The summed E-state index contributed by atoms with van der Waals surface area (Å²) in [5.74, 6) is -0.336. The Morgan fingerprint density at radius 2 is 1.73 bits per heavy atom. The summed E-state index contributed by atoms with van der Waals surface area (Å²) in [5.41, 5.74) is 2.54. The molecule has 0 aliphatic rings. The van der Waals surface area contributed by atoms with Crippen LogP contribution in [0.25, 0.3) is 0 Å². The third-order valence-corrected chi connectivity index (χ3v) is 3.19. The minimum absolute atomic E-state index is 0.186. The highest BCUT2D eigenvalue weighted by atomic mass is 16.6. The largest absolute Gasteiger partial charge is 0.398 e. The summed E-state index contributed by atoms with van der Waals surface area (Å²) < 4.78 is 0. The number of benzene rings is 2. The van der Waals surface area contributed by atoms with Gasteiger partial charge < -0.3 is 15.0 Å². The van der Waals surface area contributed by atoms with Crippen molar-refractivity contribution in [3.63, 3.8) is 0 Å². The van der Waals surface area contributed by atoms with Crippen molar-refractivity contribution in [3.8, 4) is 0 Å². The van der Waals surface area contributed by atoms with Crippen LogP contribution in [0.1, 0.15) is 30.5 Å². The van der Waals surface area contributed by atoms with Gasteiger partial charge in [-0.15, -0.1) is 0 Å². The van der Waals surface area contributed by atoms with Gasteiger partial charge in [-0.05, 0) is 5.56 Å². The zero-order chi connectivity index (χ0) is 19.2. The molecule has 2 rings (SSSR count). The van der Waals surface area contributed by atoms with E-state index in [2.05, 4.69) is 15.6 Å². The summed E-state index contributed by atoms with van der Waals surface area (Å²) in [6, 6.07) is 16.9. The Labute approximate surface area is 154 Å². The first-order chi connectivity index (χ1) is 12.8. The smallest absolute Gasteiger partial charge is 0.273 e. The van der Waals surface area contributed by atoms with Crippen LogP contribution >= 0.6 is 0 Å². The number of rotatable bonds is 7. The van der Waals surface area contributed by atoms with Crippen molar-refractivity contribution in [3.05, 3.63) is 71.3 Å². The van der Waals surface area contributed by atoms with E-state index in [1.807, 2.05) is 62.4 Å². The lowest BCUT2D eigenvalue weighted by molar-refractivity contribution is -0.114. The molecule has 0 atom stereocenters. The number of hydrogen-bond donors (Lipinski definition) is 1. The van der Waals surface area contributed by atoms with E-state index < -0.39 is 0 Å². The van der Waals surface area contributed by atoms with Gasteiger partial charge in [0.05, 0.1) is 6.21 Å². The molecule has 0 heterocycles. The molecule has 0 spiro atoms. The summed E-state index contributed by atoms with van der Waals surface area (Å²) >= 11 is 0. The lowest BCUT2D eigenvalue weighted by atomic mass is 10.0. The maximum Gasteiger partial charge on any atom is 0.273 e. The molecule has 0 aliphatic carbocycles. The fourth-order valence-corrected chi connectivity index (χ4v) is 2.04. The second-order valence-electron chi connectivity index (χ2n) is 4.78. The van der Waals surface area contributed by atoms with E-state index >= 15 is 0 Å². The third kappa shape index (κ3) is 6.39. The van der Waals surface area contributed by atoms with E-state index in [9.17, 15) is 4.79 Å². The lowest BCUT2D eigenvalue weighted by Crippen LogP contribution is -2.29. The number of carbonyl (C=O) groups is 1. The van der Waals surface area contributed by atoms with E-state index in [-0.39, 0.29) is 18.2 Å². The van der Waals surface area contributed by atoms with Crippen LogP contribution in [0.3, 0.4) is 0 Å². The monoisotopic (exact) mass is 355 g/mol. The molecule has 138 valence electrons. The predicted octanol–water partition coefficient (Wildman–Crippen LogP) is 3.36. The first-order valence-corrected chi connectivity index (χ1v) is 8.38. The molecule has 0 saturated carbocycles. The SMILES string of the molecule is CC.CNC(=O)C(=NOC)c1ccccc1CON=Cc1ccccc1. The van der Waals surface area contributed by atoms with Gasteiger partial charge in [0.2, 0.25) is 0 Å². The van der Waals surface area contributed by atoms with Crippen LogP contribution in [0.5, 0.6) is 0 Å². The average Bonchev–Trinajstić information content (AvgIpc) is 2.71. The van der Waals surface area contributed by atoms with Gasteiger partial charge in [-0.1, -0.05) is 78.8 Å². The van der Waals surface area contributed by atoms with Crippen LogP contribution < -0.4 is 5.32 Å². The van der Waals surface area contributed by atoms with E-state index in [0.717, 1.165) is 11.1 Å². The van der Waals surface area contributed by atoms with Crippen LogP contribution in [0, 0.1) is 0 Å². The number of likely N-dealkylation sites (N-methyl/N-ethyl adjacent to an activating group) is 1. The molecule has 0 radical (unpaired) electrons. The van der Waals surface area contributed by atoms with Gasteiger partial charge in [0.25, 0.3) is 5.91 Å². The zero-order valence-corrected chi connectivity index (χ0v) is 15.6. The lowest BCUT2D eigenvalue weighted by Gasteiger charge is -2.09. The van der Waals surface area contributed by atoms with Crippen molar-refractivity contribution in [2.24, 2.45) is 10.3 Å². The number of nitrogens with one attached hydrogen (secondary N) is 1. The first kappa shape index (κ1) is 20.9. The van der Waals surface area contributed by atoms with E-state index in [4.69, 9.17) is 9.68 Å². The normalized spacial score (nSPS) is 10.7. The number of amides is 1. The Hall–Kier alpha value is -3.15. The predicted molar refractivity (Wildman–Crippen MR) is 104 cm³/mol. The number of oxime groups is 2. The minimum atomic E-state index is -0.336. The summed E-state index contributed by atoms with van der Waals surface area (Å²) in [5, 5.41) is 10.3. The topological polar surface area (TPSA) is 72.3 Å². The third-order valence-electron chi connectivity index (χ3n) is 3.19. The van der Waals surface area contributed by atoms with Crippen molar-refractivity contribution >= 4 is 17.8 Å². The fraction of sp³-hybridized carbons (Fsp3) is 0.250. The van der Waals surface area contributed by atoms with Gasteiger partial charge in [-0.2, -0.15) is 0 Å². The first-order valence-electron chi connectivity index (χ1n) is 8.38. The highest BCUT2D eigenvalue weighted by Crippen LogP contribution is 2.12. The Kier molecular flexibility index (Phi) is 9.84.